The van der Waals surface area contributed by atoms with Gasteiger partial charge in [-0.2, -0.15) is 0 Å². The van der Waals surface area contributed by atoms with Gasteiger partial charge in [-0.3, -0.25) is 4.79 Å². The van der Waals surface area contributed by atoms with E-state index in [1.165, 1.54) is 12.1 Å². The van der Waals surface area contributed by atoms with Gasteiger partial charge < -0.3 is 20.9 Å². The van der Waals surface area contributed by atoms with Crippen LogP contribution >= 0.6 is 0 Å². The number of benzene rings is 2. The van der Waals surface area contributed by atoms with Gasteiger partial charge in [0.1, 0.15) is 5.75 Å². The molecule has 0 radical (unpaired) electrons. The molecular weight excluding hydrogens is 268 g/mol. The number of aromatic hydroxyl groups is 1. The lowest BCUT2D eigenvalue weighted by atomic mass is 10.1. The Morgan fingerprint density at radius 2 is 2.10 bits per heavy atom. The Hall–Kier alpha value is -2.69. The number of aryl methyl sites for hydroxylation is 1. The van der Waals surface area contributed by atoms with Gasteiger partial charge in [-0.1, -0.05) is 12.1 Å². The molecule has 0 atom stereocenters. The van der Waals surface area contributed by atoms with Gasteiger partial charge in [-0.05, 0) is 43.7 Å². The van der Waals surface area contributed by atoms with E-state index in [1.54, 1.807) is 12.1 Å². The minimum Gasteiger partial charge on any atom is -0.505 e. The number of anilines is 2. The fourth-order valence-corrected chi connectivity index (χ4v) is 1.94. The third-order valence-electron chi connectivity index (χ3n) is 3.00. The Morgan fingerprint density at radius 1 is 1.33 bits per heavy atom. The van der Waals surface area contributed by atoms with Crippen LogP contribution < -0.4 is 15.8 Å². The summed E-state index contributed by atoms with van der Waals surface area (Å²) < 4.78 is 5.51. The van der Waals surface area contributed by atoms with Crippen molar-refractivity contribution in [2.75, 3.05) is 17.7 Å². The maximum absolute atomic E-state index is 12.2. The van der Waals surface area contributed by atoms with E-state index in [9.17, 15) is 9.90 Å². The second kappa shape index (κ2) is 6.17. The van der Waals surface area contributed by atoms with Crippen molar-refractivity contribution in [2.45, 2.75) is 13.8 Å². The van der Waals surface area contributed by atoms with Crippen LogP contribution in [0.3, 0.4) is 0 Å². The van der Waals surface area contributed by atoms with Crippen LogP contribution in [0.1, 0.15) is 22.8 Å². The van der Waals surface area contributed by atoms with Crippen molar-refractivity contribution in [1.29, 1.82) is 0 Å². The molecule has 0 unspecified atom stereocenters. The van der Waals surface area contributed by atoms with E-state index in [2.05, 4.69) is 5.32 Å². The summed E-state index contributed by atoms with van der Waals surface area (Å²) in [6, 6.07) is 10.1. The lowest BCUT2D eigenvalue weighted by Crippen LogP contribution is -2.13. The minimum atomic E-state index is -0.440. The SMILES string of the molecule is CCOc1cc(C)ccc1NC(=O)c1cccc(N)c1O. The highest BCUT2D eigenvalue weighted by Crippen LogP contribution is 2.29. The molecule has 2 aromatic rings. The molecule has 0 aliphatic heterocycles. The lowest BCUT2D eigenvalue weighted by Gasteiger charge is -2.13. The number of phenolic OH excluding ortho intramolecular Hbond substituents is 1. The van der Waals surface area contributed by atoms with E-state index >= 15 is 0 Å². The van der Waals surface area contributed by atoms with Crippen molar-refractivity contribution in [2.24, 2.45) is 0 Å². The topological polar surface area (TPSA) is 84.6 Å². The van der Waals surface area contributed by atoms with E-state index < -0.39 is 5.91 Å². The molecule has 4 N–H and O–H groups in total. The number of carbonyl (C=O) groups excluding carboxylic acids is 1. The Labute approximate surface area is 123 Å². The zero-order chi connectivity index (χ0) is 15.4. The fourth-order valence-electron chi connectivity index (χ4n) is 1.94. The van der Waals surface area contributed by atoms with Crippen molar-refractivity contribution >= 4 is 17.3 Å². The number of hydrogen-bond donors (Lipinski definition) is 3. The van der Waals surface area contributed by atoms with Crippen molar-refractivity contribution in [3.05, 3.63) is 47.5 Å². The summed E-state index contributed by atoms with van der Waals surface area (Å²) in [6.07, 6.45) is 0. The molecule has 0 heterocycles. The molecule has 1 amide bonds. The number of para-hydroxylation sites is 1. The molecule has 2 rings (SSSR count). The molecule has 5 heteroatoms. The summed E-state index contributed by atoms with van der Waals surface area (Å²) in [5.74, 6) is -0.0704. The Kier molecular flexibility index (Phi) is 4.33. The third kappa shape index (κ3) is 3.25. The van der Waals surface area contributed by atoms with Crippen molar-refractivity contribution < 1.29 is 14.6 Å². The van der Waals surface area contributed by atoms with Gasteiger partial charge in [0.15, 0.2) is 5.75 Å². The van der Waals surface area contributed by atoms with Gasteiger partial charge in [0, 0.05) is 0 Å². The number of nitrogen functional groups attached to an aromatic ring is 1. The number of ether oxygens (including phenoxy) is 1. The molecule has 0 saturated heterocycles. The molecule has 0 fully saturated rings. The lowest BCUT2D eigenvalue weighted by molar-refractivity contribution is 0.102. The molecule has 110 valence electrons. The van der Waals surface area contributed by atoms with E-state index in [0.29, 0.717) is 18.0 Å². The quantitative estimate of drug-likeness (QED) is 0.596. The van der Waals surface area contributed by atoms with E-state index in [1.807, 2.05) is 26.0 Å². The number of nitrogens with two attached hydrogens (primary N) is 1. The summed E-state index contributed by atoms with van der Waals surface area (Å²) in [5.41, 5.74) is 7.46. The summed E-state index contributed by atoms with van der Waals surface area (Å²) in [7, 11) is 0. The summed E-state index contributed by atoms with van der Waals surface area (Å²) in [5, 5.41) is 12.6. The monoisotopic (exact) mass is 286 g/mol. The van der Waals surface area contributed by atoms with Crippen LogP contribution in [0, 0.1) is 6.92 Å². The predicted octanol–water partition coefficient (Wildman–Crippen LogP) is 2.93. The van der Waals surface area contributed by atoms with E-state index in [4.69, 9.17) is 10.5 Å². The second-order valence-electron chi connectivity index (χ2n) is 4.63. The standard InChI is InChI=1S/C16H18N2O3/c1-3-21-14-9-10(2)7-8-13(14)18-16(20)11-5-4-6-12(17)15(11)19/h4-9,19H,3,17H2,1-2H3,(H,18,20). The predicted molar refractivity (Wildman–Crippen MR) is 82.8 cm³/mol. The van der Waals surface area contributed by atoms with Crippen molar-refractivity contribution in [3.63, 3.8) is 0 Å². The fraction of sp³-hybridized carbons (Fsp3) is 0.188. The first-order valence-electron chi connectivity index (χ1n) is 6.65. The normalized spacial score (nSPS) is 10.2. The van der Waals surface area contributed by atoms with Crippen LogP contribution in [0.4, 0.5) is 11.4 Å². The van der Waals surface area contributed by atoms with Crippen LogP contribution in [-0.2, 0) is 0 Å². The average molecular weight is 286 g/mol. The zero-order valence-electron chi connectivity index (χ0n) is 12.0. The molecule has 21 heavy (non-hydrogen) atoms. The minimum absolute atomic E-state index is 0.123. The number of amides is 1. The van der Waals surface area contributed by atoms with Gasteiger partial charge in [0.05, 0.1) is 23.5 Å². The Balaban J connectivity index is 2.29. The largest absolute Gasteiger partial charge is 0.505 e. The number of rotatable bonds is 4. The molecule has 0 saturated carbocycles. The van der Waals surface area contributed by atoms with Gasteiger partial charge in [0.25, 0.3) is 5.91 Å². The van der Waals surface area contributed by atoms with E-state index in [-0.39, 0.29) is 17.0 Å². The number of nitrogens with one attached hydrogen (secondary N) is 1. The van der Waals surface area contributed by atoms with E-state index in [0.717, 1.165) is 5.56 Å². The van der Waals surface area contributed by atoms with Crippen LogP contribution in [0.15, 0.2) is 36.4 Å². The molecular formula is C16H18N2O3. The van der Waals surface area contributed by atoms with Crippen molar-refractivity contribution in [3.8, 4) is 11.5 Å². The molecule has 2 aromatic carbocycles. The first kappa shape index (κ1) is 14.7. The van der Waals surface area contributed by atoms with Crippen LogP contribution in [0.2, 0.25) is 0 Å². The Morgan fingerprint density at radius 3 is 2.81 bits per heavy atom. The van der Waals surface area contributed by atoms with Gasteiger partial charge in [-0.15, -0.1) is 0 Å². The highest BCUT2D eigenvalue weighted by atomic mass is 16.5. The molecule has 0 aliphatic rings. The summed E-state index contributed by atoms with van der Waals surface area (Å²) in [4.78, 5) is 12.2. The first-order valence-corrected chi connectivity index (χ1v) is 6.65. The molecule has 0 aliphatic carbocycles. The molecule has 0 spiro atoms. The van der Waals surface area contributed by atoms with Gasteiger partial charge >= 0.3 is 0 Å². The van der Waals surface area contributed by atoms with Gasteiger partial charge in [0.2, 0.25) is 0 Å². The number of phenols is 1. The van der Waals surface area contributed by atoms with Crippen molar-refractivity contribution in [1.82, 2.24) is 0 Å². The van der Waals surface area contributed by atoms with Crippen LogP contribution in [0.25, 0.3) is 0 Å². The first-order chi connectivity index (χ1) is 10.0. The second-order valence-corrected chi connectivity index (χ2v) is 4.63. The number of hydrogen-bond acceptors (Lipinski definition) is 4. The maximum Gasteiger partial charge on any atom is 0.259 e. The number of carbonyl (C=O) groups is 1. The molecule has 5 nitrogen and oxygen atoms in total. The summed E-state index contributed by atoms with van der Waals surface area (Å²) >= 11 is 0. The highest BCUT2D eigenvalue weighted by Gasteiger charge is 2.15. The maximum atomic E-state index is 12.2. The smallest absolute Gasteiger partial charge is 0.259 e. The summed E-state index contributed by atoms with van der Waals surface area (Å²) in [6.45, 7) is 4.31. The van der Waals surface area contributed by atoms with Crippen LogP contribution in [0.5, 0.6) is 11.5 Å². The molecule has 0 bridgehead atoms. The third-order valence-corrected chi connectivity index (χ3v) is 3.00. The molecule has 0 aromatic heterocycles. The van der Waals surface area contributed by atoms with Crippen LogP contribution in [-0.4, -0.2) is 17.6 Å². The average Bonchev–Trinajstić information content (AvgIpc) is 2.45. The Bertz CT molecular complexity index is 669. The van der Waals surface area contributed by atoms with Gasteiger partial charge in [-0.25, -0.2) is 0 Å². The zero-order valence-corrected chi connectivity index (χ0v) is 12.0. The highest BCUT2D eigenvalue weighted by molar-refractivity contribution is 6.07.